The van der Waals surface area contributed by atoms with Crippen LogP contribution in [0.15, 0.2) is 48.9 Å². The van der Waals surface area contributed by atoms with E-state index in [1.165, 1.54) is 11.3 Å². The van der Waals surface area contributed by atoms with Crippen molar-refractivity contribution in [3.63, 3.8) is 0 Å². The molecule has 0 aliphatic rings. The number of para-hydroxylation sites is 1. The van der Waals surface area contributed by atoms with Gasteiger partial charge in [-0.2, -0.15) is 0 Å². The van der Waals surface area contributed by atoms with E-state index in [4.69, 9.17) is 0 Å². The van der Waals surface area contributed by atoms with Crippen LogP contribution in [0.2, 0.25) is 0 Å². The van der Waals surface area contributed by atoms with Crippen LogP contribution < -0.4 is 10.9 Å². The normalized spacial score (nSPS) is 10.8. The maximum absolute atomic E-state index is 12.5. The van der Waals surface area contributed by atoms with Crippen LogP contribution in [-0.4, -0.2) is 31.3 Å². The second-order valence-corrected chi connectivity index (χ2v) is 7.08. The number of aromatic nitrogens is 4. The van der Waals surface area contributed by atoms with Crippen LogP contribution in [0.4, 0.5) is 0 Å². The highest BCUT2D eigenvalue weighted by Crippen LogP contribution is 2.25. The molecule has 4 aromatic rings. The lowest BCUT2D eigenvalue weighted by Crippen LogP contribution is -2.41. The van der Waals surface area contributed by atoms with Gasteiger partial charge in [0.2, 0.25) is 0 Å². The Hall–Kier alpha value is -3.59. The van der Waals surface area contributed by atoms with Gasteiger partial charge in [-0.3, -0.25) is 20.4 Å². The first-order valence-electron chi connectivity index (χ1n) is 8.44. The summed E-state index contributed by atoms with van der Waals surface area (Å²) in [5.41, 5.74) is 6.90. The quantitative estimate of drug-likeness (QED) is 0.522. The molecule has 4 rings (SSSR count). The van der Waals surface area contributed by atoms with Gasteiger partial charge in [-0.25, -0.2) is 15.0 Å². The Labute approximate surface area is 164 Å². The number of rotatable bonds is 3. The van der Waals surface area contributed by atoms with Crippen LogP contribution in [-0.2, 0) is 7.05 Å². The van der Waals surface area contributed by atoms with Crippen LogP contribution >= 0.6 is 11.3 Å². The van der Waals surface area contributed by atoms with E-state index in [9.17, 15) is 9.59 Å². The molecule has 0 saturated heterocycles. The standard InChI is InChI=1S/C19H16N6O2S/c1-11-15(28-19(22-11)16-20-8-5-9-21-16)18(27)24-23-17(26)13-10-25(2)14-7-4-3-6-12(13)14/h3-10H,1-2H3,(H,23,26)(H,24,27). The van der Waals surface area contributed by atoms with Gasteiger partial charge in [0, 0.05) is 36.5 Å². The van der Waals surface area contributed by atoms with Crippen molar-refractivity contribution in [1.82, 2.24) is 30.4 Å². The topological polar surface area (TPSA) is 102 Å². The molecule has 8 nitrogen and oxygen atoms in total. The predicted octanol–water partition coefficient (Wildman–Crippen LogP) is 2.48. The smallest absolute Gasteiger partial charge is 0.281 e. The highest BCUT2D eigenvalue weighted by atomic mass is 32.1. The van der Waals surface area contributed by atoms with Crippen LogP contribution in [0.3, 0.4) is 0 Å². The average molecular weight is 392 g/mol. The average Bonchev–Trinajstić information content (AvgIpc) is 3.27. The SMILES string of the molecule is Cc1nc(-c2ncccn2)sc1C(=O)NNC(=O)c1cn(C)c2ccccc12. The monoisotopic (exact) mass is 392 g/mol. The van der Waals surface area contributed by atoms with Crippen molar-refractivity contribution in [2.75, 3.05) is 0 Å². The largest absolute Gasteiger partial charge is 0.350 e. The Morgan fingerprint density at radius 2 is 1.75 bits per heavy atom. The van der Waals surface area contributed by atoms with Crippen LogP contribution in [0.5, 0.6) is 0 Å². The van der Waals surface area contributed by atoms with Crippen molar-refractivity contribution in [3.8, 4) is 10.8 Å². The van der Waals surface area contributed by atoms with Crippen LogP contribution in [0.25, 0.3) is 21.7 Å². The number of nitrogens with one attached hydrogen (secondary N) is 2. The summed E-state index contributed by atoms with van der Waals surface area (Å²) in [6.45, 7) is 1.73. The van der Waals surface area contributed by atoms with Gasteiger partial charge in [0.15, 0.2) is 10.8 Å². The van der Waals surface area contributed by atoms with E-state index in [0.29, 0.717) is 27.0 Å². The highest BCUT2D eigenvalue weighted by molar-refractivity contribution is 7.17. The number of nitrogens with zero attached hydrogens (tertiary/aromatic N) is 4. The van der Waals surface area contributed by atoms with Gasteiger partial charge < -0.3 is 4.57 Å². The number of amides is 2. The Morgan fingerprint density at radius 3 is 2.54 bits per heavy atom. The number of carbonyl (C=O) groups excluding carboxylic acids is 2. The lowest BCUT2D eigenvalue weighted by molar-refractivity contribution is 0.0849. The lowest BCUT2D eigenvalue weighted by atomic mass is 10.2. The molecule has 3 aromatic heterocycles. The first-order chi connectivity index (χ1) is 13.5. The molecular weight excluding hydrogens is 376 g/mol. The van der Waals surface area contributed by atoms with E-state index in [1.807, 2.05) is 35.9 Å². The Morgan fingerprint density at radius 1 is 1.04 bits per heavy atom. The van der Waals surface area contributed by atoms with E-state index in [2.05, 4.69) is 25.8 Å². The summed E-state index contributed by atoms with van der Waals surface area (Å²) in [7, 11) is 1.87. The van der Waals surface area contributed by atoms with Crippen molar-refractivity contribution in [2.24, 2.45) is 7.05 Å². The molecule has 0 bridgehead atoms. The molecule has 0 unspecified atom stereocenters. The molecule has 0 saturated carbocycles. The summed E-state index contributed by atoms with van der Waals surface area (Å²) in [4.78, 5) is 38.1. The summed E-state index contributed by atoms with van der Waals surface area (Å²) >= 11 is 1.17. The van der Waals surface area contributed by atoms with Gasteiger partial charge in [0.25, 0.3) is 11.8 Å². The number of aryl methyl sites for hydroxylation is 2. The maximum Gasteiger partial charge on any atom is 0.281 e. The fourth-order valence-corrected chi connectivity index (χ4v) is 3.78. The molecule has 0 aliphatic heterocycles. The zero-order valence-corrected chi connectivity index (χ0v) is 15.9. The fourth-order valence-electron chi connectivity index (χ4n) is 2.87. The molecule has 9 heteroatoms. The van der Waals surface area contributed by atoms with Crippen LogP contribution in [0, 0.1) is 6.92 Å². The van der Waals surface area contributed by atoms with Gasteiger partial charge in [-0.05, 0) is 19.1 Å². The minimum atomic E-state index is -0.439. The molecule has 0 aliphatic carbocycles. The predicted molar refractivity (Wildman–Crippen MR) is 106 cm³/mol. The van der Waals surface area contributed by atoms with Crippen molar-refractivity contribution >= 4 is 34.1 Å². The number of carbonyl (C=O) groups is 2. The molecule has 2 amide bonds. The van der Waals surface area contributed by atoms with Crippen molar-refractivity contribution in [2.45, 2.75) is 6.92 Å². The number of hydrogen-bond donors (Lipinski definition) is 2. The number of thiazole rings is 1. The van der Waals surface area contributed by atoms with Gasteiger partial charge in [-0.15, -0.1) is 11.3 Å². The van der Waals surface area contributed by atoms with Crippen molar-refractivity contribution in [3.05, 3.63) is 65.1 Å². The van der Waals surface area contributed by atoms with Crippen molar-refractivity contribution in [1.29, 1.82) is 0 Å². The van der Waals surface area contributed by atoms with Gasteiger partial charge in [0.05, 0.1) is 11.3 Å². The lowest BCUT2D eigenvalue weighted by Gasteiger charge is -2.05. The van der Waals surface area contributed by atoms with Crippen molar-refractivity contribution < 1.29 is 9.59 Å². The second kappa shape index (κ2) is 7.20. The van der Waals surface area contributed by atoms with E-state index in [0.717, 1.165) is 10.9 Å². The zero-order valence-electron chi connectivity index (χ0n) is 15.1. The molecule has 0 atom stereocenters. The van der Waals surface area contributed by atoms with Gasteiger partial charge in [0.1, 0.15) is 4.88 Å². The Bertz CT molecular complexity index is 1180. The second-order valence-electron chi connectivity index (χ2n) is 6.09. The molecular formula is C19H16N6O2S. The summed E-state index contributed by atoms with van der Waals surface area (Å²) in [5, 5.41) is 1.36. The molecule has 140 valence electrons. The molecule has 0 radical (unpaired) electrons. The maximum atomic E-state index is 12.5. The third kappa shape index (κ3) is 3.23. The summed E-state index contributed by atoms with van der Waals surface area (Å²) in [5.74, 6) is -0.376. The molecule has 3 heterocycles. The third-order valence-electron chi connectivity index (χ3n) is 4.19. The molecule has 1 aromatic carbocycles. The third-order valence-corrected chi connectivity index (χ3v) is 5.34. The number of hydrogen-bond acceptors (Lipinski definition) is 6. The first kappa shape index (κ1) is 17.8. The Balaban J connectivity index is 1.50. The highest BCUT2D eigenvalue weighted by Gasteiger charge is 2.19. The fraction of sp³-hybridized carbons (Fsp3) is 0.105. The zero-order chi connectivity index (χ0) is 19.7. The minimum absolute atomic E-state index is 0.390. The Kier molecular flexibility index (Phi) is 4.58. The molecule has 28 heavy (non-hydrogen) atoms. The van der Waals surface area contributed by atoms with E-state index >= 15 is 0 Å². The van der Waals surface area contributed by atoms with Crippen LogP contribution in [0.1, 0.15) is 25.7 Å². The molecule has 2 N–H and O–H groups in total. The molecule has 0 spiro atoms. The summed E-state index contributed by atoms with van der Waals surface area (Å²) in [6.07, 6.45) is 4.96. The summed E-state index contributed by atoms with van der Waals surface area (Å²) < 4.78 is 1.87. The van der Waals surface area contributed by atoms with E-state index in [1.54, 1.807) is 31.6 Å². The number of fused-ring (bicyclic) bond motifs is 1. The summed E-state index contributed by atoms with van der Waals surface area (Å²) in [6, 6.07) is 9.28. The van der Waals surface area contributed by atoms with Gasteiger partial charge >= 0.3 is 0 Å². The molecule has 0 fully saturated rings. The van der Waals surface area contributed by atoms with E-state index in [-0.39, 0.29) is 5.91 Å². The first-order valence-corrected chi connectivity index (χ1v) is 9.26. The number of benzene rings is 1. The number of hydrazine groups is 1. The van der Waals surface area contributed by atoms with E-state index < -0.39 is 5.91 Å². The minimum Gasteiger partial charge on any atom is -0.350 e. The van der Waals surface area contributed by atoms with Gasteiger partial charge in [-0.1, -0.05) is 18.2 Å².